The molecule has 1 N–H and O–H groups in total. The number of aryl methyl sites for hydroxylation is 1. The summed E-state index contributed by atoms with van der Waals surface area (Å²) in [7, 11) is 3.56. The van der Waals surface area contributed by atoms with Crippen LogP contribution in [0.4, 0.5) is 8.78 Å². The molecule has 1 amide bonds. The zero-order chi connectivity index (χ0) is 21.3. The largest absolute Gasteiger partial charge is 0.467 e. The van der Waals surface area contributed by atoms with Crippen LogP contribution in [0.15, 0.2) is 41.0 Å². The summed E-state index contributed by atoms with van der Waals surface area (Å²) in [5.41, 5.74) is 2.68. The van der Waals surface area contributed by atoms with Gasteiger partial charge in [-0.2, -0.15) is 5.10 Å². The zero-order valence-electron chi connectivity index (χ0n) is 17.0. The van der Waals surface area contributed by atoms with E-state index in [0.717, 1.165) is 36.2 Å². The minimum absolute atomic E-state index is 0.0475. The van der Waals surface area contributed by atoms with Crippen LogP contribution in [0.2, 0.25) is 0 Å². The van der Waals surface area contributed by atoms with Gasteiger partial charge in [-0.3, -0.25) is 9.48 Å². The van der Waals surface area contributed by atoms with Crippen molar-refractivity contribution >= 4 is 5.91 Å². The summed E-state index contributed by atoms with van der Waals surface area (Å²) in [5, 5.41) is 7.78. The van der Waals surface area contributed by atoms with Crippen LogP contribution in [0.3, 0.4) is 0 Å². The molecule has 0 spiro atoms. The number of furan rings is 1. The fourth-order valence-corrected chi connectivity index (χ4v) is 3.96. The highest BCUT2D eigenvalue weighted by molar-refractivity contribution is 5.94. The molecule has 0 saturated heterocycles. The molecule has 158 valence electrons. The number of benzene rings is 1. The van der Waals surface area contributed by atoms with Crippen LogP contribution in [0.1, 0.15) is 39.5 Å². The molecule has 2 heterocycles. The number of nitrogens with one attached hydrogen (secondary N) is 1. The van der Waals surface area contributed by atoms with Gasteiger partial charge >= 0.3 is 0 Å². The lowest BCUT2D eigenvalue weighted by atomic mass is 9.91. The number of nitrogens with zero attached hydrogens (tertiary/aromatic N) is 3. The number of halogens is 2. The van der Waals surface area contributed by atoms with E-state index in [4.69, 9.17) is 4.42 Å². The SMILES string of the molecule is CN(Cc1ccco1)C(=O)c1nn(C)c2c1CC(NCc1cc(F)ccc1F)CC2. The van der Waals surface area contributed by atoms with Crippen molar-refractivity contribution in [3.05, 3.63) is 76.5 Å². The van der Waals surface area contributed by atoms with Gasteiger partial charge < -0.3 is 14.6 Å². The number of aromatic nitrogens is 2. The number of amides is 1. The smallest absolute Gasteiger partial charge is 0.274 e. The van der Waals surface area contributed by atoms with Gasteiger partial charge in [0.15, 0.2) is 5.69 Å². The molecule has 1 aromatic carbocycles. The molecule has 4 rings (SSSR count). The van der Waals surface area contributed by atoms with Crippen LogP contribution in [0.5, 0.6) is 0 Å². The summed E-state index contributed by atoms with van der Waals surface area (Å²) < 4.78 is 34.4. The normalized spacial score (nSPS) is 15.8. The summed E-state index contributed by atoms with van der Waals surface area (Å²) in [5.74, 6) is -0.358. The molecule has 1 aliphatic carbocycles. The Morgan fingerprint density at radius 3 is 2.97 bits per heavy atom. The second-order valence-corrected chi connectivity index (χ2v) is 7.69. The number of hydrogen-bond donors (Lipinski definition) is 1. The second-order valence-electron chi connectivity index (χ2n) is 7.69. The van der Waals surface area contributed by atoms with Gasteiger partial charge in [-0.1, -0.05) is 0 Å². The van der Waals surface area contributed by atoms with E-state index in [2.05, 4.69) is 10.4 Å². The molecule has 8 heteroatoms. The Balaban J connectivity index is 1.47. The van der Waals surface area contributed by atoms with E-state index in [0.29, 0.717) is 30.0 Å². The van der Waals surface area contributed by atoms with Crippen molar-refractivity contribution < 1.29 is 18.0 Å². The van der Waals surface area contributed by atoms with Crippen LogP contribution in [0.25, 0.3) is 0 Å². The van der Waals surface area contributed by atoms with Gasteiger partial charge in [-0.15, -0.1) is 0 Å². The standard InChI is InChI=1S/C22H24F2N4O2/c1-27(13-17-4-3-9-30-17)22(29)21-18-11-16(6-8-20(18)28(2)26-21)25-12-14-10-15(23)5-7-19(14)24/h3-5,7,9-10,16,25H,6,8,11-13H2,1-2H3. The Kier molecular flexibility index (Phi) is 5.67. The highest BCUT2D eigenvalue weighted by Gasteiger charge is 2.29. The van der Waals surface area contributed by atoms with Crippen LogP contribution >= 0.6 is 0 Å². The molecule has 0 radical (unpaired) electrons. The van der Waals surface area contributed by atoms with E-state index < -0.39 is 11.6 Å². The minimum Gasteiger partial charge on any atom is -0.467 e. The van der Waals surface area contributed by atoms with Gasteiger partial charge in [0.05, 0.1) is 12.8 Å². The monoisotopic (exact) mass is 414 g/mol. The van der Waals surface area contributed by atoms with Crippen molar-refractivity contribution in [3.63, 3.8) is 0 Å². The number of carbonyl (C=O) groups is 1. The van der Waals surface area contributed by atoms with Crippen LogP contribution in [-0.2, 0) is 33.0 Å². The molecule has 6 nitrogen and oxygen atoms in total. The molecule has 1 aliphatic rings. The van der Waals surface area contributed by atoms with Gasteiger partial charge in [0.2, 0.25) is 0 Å². The lowest BCUT2D eigenvalue weighted by Crippen LogP contribution is -2.35. The number of rotatable bonds is 6. The third-order valence-corrected chi connectivity index (χ3v) is 5.57. The summed E-state index contributed by atoms with van der Waals surface area (Å²) in [6.07, 6.45) is 3.78. The van der Waals surface area contributed by atoms with Crippen molar-refractivity contribution in [2.75, 3.05) is 7.05 Å². The molecule has 0 bridgehead atoms. The lowest BCUT2D eigenvalue weighted by Gasteiger charge is -2.25. The van der Waals surface area contributed by atoms with Crippen LogP contribution in [0, 0.1) is 11.6 Å². The summed E-state index contributed by atoms with van der Waals surface area (Å²) >= 11 is 0. The van der Waals surface area contributed by atoms with Gasteiger partial charge in [0, 0.05) is 43.5 Å². The average molecular weight is 414 g/mol. The summed E-state index contributed by atoms with van der Waals surface area (Å²) in [4.78, 5) is 14.6. The molecule has 3 aromatic rings. The maximum absolute atomic E-state index is 13.9. The first-order valence-corrected chi connectivity index (χ1v) is 9.92. The molecule has 30 heavy (non-hydrogen) atoms. The summed E-state index contributed by atoms with van der Waals surface area (Å²) in [6.45, 7) is 0.587. The quantitative estimate of drug-likeness (QED) is 0.673. The first-order chi connectivity index (χ1) is 14.4. The Morgan fingerprint density at radius 1 is 1.37 bits per heavy atom. The molecular weight excluding hydrogens is 390 g/mol. The van der Waals surface area contributed by atoms with E-state index in [-0.39, 0.29) is 18.5 Å². The van der Waals surface area contributed by atoms with Crippen molar-refractivity contribution in [1.82, 2.24) is 20.0 Å². The third-order valence-electron chi connectivity index (χ3n) is 5.57. The highest BCUT2D eigenvalue weighted by Crippen LogP contribution is 2.26. The fraction of sp³-hybridized carbons (Fsp3) is 0.364. The fourth-order valence-electron chi connectivity index (χ4n) is 3.96. The molecule has 0 aliphatic heterocycles. The maximum Gasteiger partial charge on any atom is 0.274 e. The topological polar surface area (TPSA) is 63.3 Å². The predicted octanol–water partition coefficient (Wildman–Crippen LogP) is 3.21. The Labute approximate surface area is 173 Å². The van der Waals surface area contributed by atoms with Crippen molar-refractivity contribution in [3.8, 4) is 0 Å². The Morgan fingerprint density at radius 2 is 2.20 bits per heavy atom. The predicted molar refractivity (Wildman–Crippen MR) is 107 cm³/mol. The molecule has 2 aromatic heterocycles. The van der Waals surface area contributed by atoms with Crippen molar-refractivity contribution in [1.29, 1.82) is 0 Å². The first kappa shape index (κ1) is 20.3. The third kappa shape index (κ3) is 4.14. The summed E-state index contributed by atoms with van der Waals surface area (Å²) in [6, 6.07) is 7.11. The van der Waals surface area contributed by atoms with Crippen molar-refractivity contribution in [2.24, 2.45) is 7.05 Å². The number of hydrogen-bond acceptors (Lipinski definition) is 4. The maximum atomic E-state index is 13.9. The second kappa shape index (κ2) is 8.39. The number of fused-ring (bicyclic) bond motifs is 1. The van der Waals surface area contributed by atoms with Gasteiger partial charge in [0.1, 0.15) is 17.4 Å². The van der Waals surface area contributed by atoms with E-state index in [9.17, 15) is 13.6 Å². The highest BCUT2D eigenvalue weighted by atomic mass is 19.1. The molecule has 1 unspecified atom stereocenters. The van der Waals surface area contributed by atoms with E-state index in [1.807, 2.05) is 13.1 Å². The van der Waals surface area contributed by atoms with Crippen molar-refractivity contribution in [2.45, 2.75) is 38.4 Å². The molecule has 0 saturated carbocycles. The zero-order valence-corrected chi connectivity index (χ0v) is 17.0. The molecule has 0 fully saturated rings. The first-order valence-electron chi connectivity index (χ1n) is 9.92. The minimum atomic E-state index is -0.459. The molecular formula is C22H24F2N4O2. The number of carbonyl (C=O) groups excluding carboxylic acids is 1. The van der Waals surface area contributed by atoms with E-state index in [1.165, 1.54) is 6.07 Å². The van der Waals surface area contributed by atoms with E-state index in [1.54, 1.807) is 29.0 Å². The van der Waals surface area contributed by atoms with Gasteiger partial charge in [-0.05, 0) is 49.6 Å². The van der Waals surface area contributed by atoms with E-state index >= 15 is 0 Å². The van der Waals surface area contributed by atoms with Crippen LogP contribution in [-0.4, -0.2) is 33.7 Å². The van der Waals surface area contributed by atoms with Crippen LogP contribution < -0.4 is 5.32 Å². The Hall–Kier alpha value is -3.00. The molecule has 1 atom stereocenters. The Bertz CT molecular complexity index is 1050. The van der Waals surface area contributed by atoms with Gasteiger partial charge in [0.25, 0.3) is 5.91 Å². The lowest BCUT2D eigenvalue weighted by molar-refractivity contribution is 0.0767. The average Bonchev–Trinajstić information content (AvgIpc) is 3.36. The van der Waals surface area contributed by atoms with Gasteiger partial charge in [-0.25, -0.2) is 8.78 Å².